The number of benzene rings is 1. The van der Waals surface area contributed by atoms with E-state index in [1.807, 2.05) is 18.3 Å². The van der Waals surface area contributed by atoms with Gasteiger partial charge >= 0.3 is 5.69 Å². The summed E-state index contributed by atoms with van der Waals surface area (Å²) in [5, 5.41) is 4.56. The first-order valence-corrected chi connectivity index (χ1v) is 13.2. The van der Waals surface area contributed by atoms with Crippen LogP contribution in [0.3, 0.4) is 0 Å². The largest absolute Gasteiger partial charge is 0.478 e. The van der Waals surface area contributed by atoms with Crippen LogP contribution in [-0.2, 0) is 7.05 Å². The Kier molecular flexibility index (Phi) is 7.51. The van der Waals surface area contributed by atoms with Gasteiger partial charge in [-0.15, -0.1) is 0 Å². The van der Waals surface area contributed by atoms with E-state index in [9.17, 15) is 4.79 Å². The molecule has 3 aromatic heterocycles. The Hall–Kier alpha value is -3.39. The van der Waals surface area contributed by atoms with Gasteiger partial charge < -0.3 is 19.9 Å². The van der Waals surface area contributed by atoms with Gasteiger partial charge in [-0.2, -0.15) is 0 Å². The summed E-state index contributed by atoms with van der Waals surface area (Å²) in [5.74, 6) is 0.648. The number of imidazole rings is 1. The van der Waals surface area contributed by atoms with E-state index in [1.165, 1.54) is 32.4 Å². The molecule has 1 saturated heterocycles. The summed E-state index contributed by atoms with van der Waals surface area (Å²) in [4.78, 5) is 27.2. The second-order valence-corrected chi connectivity index (χ2v) is 9.66. The molecule has 1 aliphatic rings. The van der Waals surface area contributed by atoms with E-state index in [0.29, 0.717) is 12.5 Å². The van der Waals surface area contributed by atoms with Crippen molar-refractivity contribution in [2.24, 2.45) is 7.05 Å². The van der Waals surface area contributed by atoms with Crippen LogP contribution in [0.1, 0.15) is 45.4 Å². The molecule has 2 N–H and O–H groups in total. The number of hydrogen-bond acceptors (Lipinski definition) is 6. The second-order valence-electron chi connectivity index (χ2n) is 9.66. The van der Waals surface area contributed by atoms with Crippen molar-refractivity contribution in [1.82, 2.24) is 24.4 Å². The molecule has 8 heteroatoms. The molecule has 1 aromatic carbocycles. The highest BCUT2D eigenvalue weighted by Crippen LogP contribution is 2.37. The number of pyridine rings is 2. The molecule has 8 nitrogen and oxygen atoms in total. The molecule has 4 heterocycles. The highest BCUT2D eigenvalue weighted by Gasteiger charge is 2.16. The number of nitrogens with zero attached hydrogens (tertiary/aromatic N) is 4. The minimum atomic E-state index is -0.146. The van der Waals surface area contributed by atoms with Crippen molar-refractivity contribution in [3.8, 4) is 17.0 Å². The van der Waals surface area contributed by atoms with Crippen LogP contribution in [0.15, 0.2) is 41.5 Å². The lowest BCUT2D eigenvalue weighted by molar-refractivity contribution is 0.203. The van der Waals surface area contributed by atoms with Crippen LogP contribution in [0.5, 0.6) is 5.88 Å². The number of anilines is 1. The number of unbranched alkanes of at least 4 members (excludes halogenated alkanes) is 1. The Balaban J connectivity index is 1.40. The molecule has 0 saturated carbocycles. The molecule has 36 heavy (non-hydrogen) atoms. The summed E-state index contributed by atoms with van der Waals surface area (Å²) in [6.45, 7) is 7.20. The minimum absolute atomic E-state index is 0.146. The SMILES string of the molecule is CCCCNc1c(-c2ccc(OCCCN3CCCCC3)nc2)ccc2ncc3c([nH]c(=O)n3C)c12. The van der Waals surface area contributed by atoms with Crippen molar-refractivity contribution in [3.63, 3.8) is 0 Å². The number of fused-ring (bicyclic) bond motifs is 3. The van der Waals surface area contributed by atoms with Crippen LogP contribution < -0.4 is 15.7 Å². The molecule has 1 fully saturated rings. The number of nitrogens with one attached hydrogen (secondary N) is 2. The third-order valence-electron chi connectivity index (χ3n) is 7.11. The molecule has 0 amide bonds. The quantitative estimate of drug-likeness (QED) is 0.307. The summed E-state index contributed by atoms with van der Waals surface area (Å²) in [7, 11) is 1.76. The number of rotatable bonds is 10. The van der Waals surface area contributed by atoms with Gasteiger partial charge in [0.15, 0.2) is 0 Å². The number of piperidine rings is 1. The number of likely N-dealkylation sites (tertiary alicyclic amines) is 1. The molecule has 0 unspecified atom stereocenters. The maximum absolute atomic E-state index is 12.4. The molecule has 0 aliphatic carbocycles. The lowest BCUT2D eigenvalue weighted by Crippen LogP contribution is -2.31. The standard InChI is InChI=1S/C28H36N6O2/c1-3-4-13-29-26-21(10-11-22-25(26)27-23(19-30-22)33(2)28(35)32-27)20-9-12-24(31-18-20)36-17-8-16-34-14-6-5-7-15-34/h9-12,18-19,29H,3-8,13-17H2,1-2H3,(H,32,35). The average Bonchev–Trinajstić information content (AvgIpc) is 3.21. The zero-order valence-corrected chi connectivity index (χ0v) is 21.3. The van der Waals surface area contributed by atoms with E-state index in [1.54, 1.807) is 17.8 Å². The van der Waals surface area contributed by atoms with Crippen LogP contribution in [0, 0.1) is 0 Å². The topological polar surface area (TPSA) is 88.1 Å². The van der Waals surface area contributed by atoms with Crippen molar-refractivity contribution in [2.45, 2.75) is 45.4 Å². The third-order valence-corrected chi connectivity index (χ3v) is 7.11. The van der Waals surface area contributed by atoms with Crippen LogP contribution >= 0.6 is 0 Å². The van der Waals surface area contributed by atoms with Crippen molar-refractivity contribution in [3.05, 3.63) is 47.1 Å². The van der Waals surface area contributed by atoms with E-state index in [4.69, 9.17) is 4.74 Å². The van der Waals surface area contributed by atoms with Gasteiger partial charge in [0.05, 0.1) is 35.0 Å². The lowest BCUT2D eigenvalue weighted by Gasteiger charge is -2.26. The summed E-state index contributed by atoms with van der Waals surface area (Å²) < 4.78 is 7.54. The number of H-pyrrole nitrogens is 1. The van der Waals surface area contributed by atoms with Crippen LogP contribution in [-0.4, -0.2) is 57.2 Å². The summed E-state index contributed by atoms with van der Waals surface area (Å²) in [6, 6.07) is 8.08. The Morgan fingerprint density at radius 3 is 2.69 bits per heavy atom. The summed E-state index contributed by atoms with van der Waals surface area (Å²) >= 11 is 0. The first-order valence-electron chi connectivity index (χ1n) is 13.2. The molecule has 190 valence electrons. The van der Waals surface area contributed by atoms with Gasteiger partial charge in [0.25, 0.3) is 0 Å². The van der Waals surface area contributed by atoms with E-state index < -0.39 is 0 Å². The monoisotopic (exact) mass is 488 g/mol. The maximum atomic E-state index is 12.4. The van der Waals surface area contributed by atoms with Gasteiger partial charge in [0, 0.05) is 48.9 Å². The number of aromatic nitrogens is 4. The van der Waals surface area contributed by atoms with E-state index in [-0.39, 0.29) is 5.69 Å². The van der Waals surface area contributed by atoms with Gasteiger partial charge in [-0.3, -0.25) is 9.55 Å². The number of aromatic amines is 1. The number of hydrogen-bond donors (Lipinski definition) is 2. The molecule has 1 aliphatic heterocycles. The lowest BCUT2D eigenvalue weighted by atomic mass is 10.0. The first kappa shape index (κ1) is 24.3. The molecule has 0 spiro atoms. The van der Waals surface area contributed by atoms with E-state index in [0.717, 1.165) is 71.1 Å². The van der Waals surface area contributed by atoms with Crippen LogP contribution in [0.25, 0.3) is 33.1 Å². The summed E-state index contributed by atoms with van der Waals surface area (Å²) in [6.07, 6.45) is 10.8. The Morgan fingerprint density at radius 2 is 1.92 bits per heavy atom. The first-order chi connectivity index (χ1) is 17.7. The van der Waals surface area contributed by atoms with Gasteiger partial charge in [-0.05, 0) is 50.9 Å². The van der Waals surface area contributed by atoms with Crippen molar-refractivity contribution in [2.75, 3.05) is 38.1 Å². The highest BCUT2D eigenvalue weighted by molar-refractivity contribution is 6.12. The zero-order valence-electron chi connectivity index (χ0n) is 21.3. The van der Waals surface area contributed by atoms with Crippen molar-refractivity contribution in [1.29, 1.82) is 0 Å². The highest BCUT2D eigenvalue weighted by atomic mass is 16.5. The number of aryl methyl sites for hydroxylation is 1. The van der Waals surface area contributed by atoms with Crippen molar-refractivity contribution < 1.29 is 4.74 Å². The van der Waals surface area contributed by atoms with E-state index in [2.05, 4.69) is 44.2 Å². The van der Waals surface area contributed by atoms with Crippen LogP contribution in [0.4, 0.5) is 5.69 Å². The van der Waals surface area contributed by atoms with E-state index >= 15 is 0 Å². The Labute approximate surface area is 211 Å². The van der Waals surface area contributed by atoms with Gasteiger partial charge in [-0.1, -0.05) is 25.8 Å². The smallest absolute Gasteiger partial charge is 0.326 e. The third kappa shape index (κ3) is 5.09. The zero-order chi connectivity index (χ0) is 24.9. The van der Waals surface area contributed by atoms with Gasteiger partial charge in [-0.25, -0.2) is 9.78 Å². The van der Waals surface area contributed by atoms with Crippen molar-refractivity contribution >= 4 is 27.6 Å². The summed E-state index contributed by atoms with van der Waals surface area (Å²) in [5.41, 5.74) is 5.28. The minimum Gasteiger partial charge on any atom is -0.478 e. The predicted octanol–water partition coefficient (Wildman–Crippen LogP) is 4.94. The molecule has 0 radical (unpaired) electrons. The fourth-order valence-electron chi connectivity index (χ4n) is 5.04. The predicted molar refractivity (Wildman–Crippen MR) is 146 cm³/mol. The molecule has 0 atom stereocenters. The fraction of sp³-hybridized carbons (Fsp3) is 0.464. The molecule has 4 aromatic rings. The maximum Gasteiger partial charge on any atom is 0.326 e. The average molecular weight is 489 g/mol. The van der Waals surface area contributed by atoms with Gasteiger partial charge in [0.1, 0.15) is 0 Å². The Bertz CT molecular complexity index is 1370. The molecular formula is C28H36N6O2. The molecule has 5 rings (SSSR count). The van der Waals surface area contributed by atoms with Crippen LogP contribution in [0.2, 0.25) is 0 Å². The van der Waals surface area contributed by atoms with Gasteiger partial charge in [0.2, 0.25) is 5.88 Å². The molecular weight excluding hydrogens is 452 g/mol. The fourth-order valence-corrected chi connectivity index (χ4v) is 5.04. The second kappa shape index (κ2) is 11.1. The Morgan fingerprint density at radius 1 is 1.06 bits per heavy atom. The number of ether oxygens (including phenoxy) is 1. The normalized spacial score (nSPS) is 14.5. The molecule has 0 bridgehead atoms.